The predicted octanol–water partition coefficient (Wildman–Crippen LogP) is 2.65. The number of carbonyl (C=O) groups is 2. The van der Waals surface area contributed by atoms with Crippen LogP contribution in [0.25, 0.3) is 0 Å². The monoisotopic (exact) mass is 327 g/mol. The fourth-order valence-corrected chi connectivity index (χ4v) is 3.40. The summed E-state index contributed by atoms with van der Waals surface area (Å²) >= 11 is 0. The summed E-state index contributed by atoms with van der Waals surface area (Å²) in [5, 5.41) is 9.04. The number of carboxylic acids is 1. The van der Waals surface area contributed by atoms with Gasteiger partial charge in [-0.25, -0.2) is 0 Å². The van der Waals surface area contributed by atoms with E-state index in [-0.39, 0.29) is 6.54 Å². The van der Waals surface area contributed by atoms with Gasteiger partial charge in [0.1, 0.15) is 0 Å². The van der Waals surface area contributed by atoms with Crippen LogP contribution in [0.5, 0.6) is 0 Å². The van der Waals surface area contributed by atoms with Crippen LogP contribution in [0.3, 0.4) is 0 Å². The highest BCUT2D eigenvalue weighted by Gasteiger charge is 2.64. The van der Waals surface area contributed by atoms with Crippen LogP contribution in [0.2, 0.25) is 0 Å². The van der Waals surface area contributed by atoms with Crippen molar-refractivity contribution in [1.29, 1.82) is 0 Å². The zero-order valence-electron chi connectivity index (χ0n) is 12.3. The maximum Gasteiger partial charge on any atom is 0.406 e. The van der Waals surface area contributed by atoms with Crippen molar-refractivity contribution in [2.75, 3.05) is 13.1 Å². The Morgan fingerprint density at radius 3 is 2.48 bits per heavy atom. The SMILES string of the molecule is O=C(c1ccc2c(c1)CCC2)N1CCC(C(=O)O)(C(F)(F)F)C1. The Morgan fingerprint density at radius 2 is 1.87 bits per heavy atom. The van der Waals surface area contributed by atoms with E-state index in [1.54, 1.807) is 12.1 Å². The van der Waals surface area contributed by atoms with E-state index in [0.29, 0.717) is 5.56 Å². The van der Waals surface area contributed by atoms with Crippen molar-refractivity contribution >= 4 is 11.9 Å². The number of aryl methyl sites for hydroxylation is 2. The second-order valence-corrected chi connectivity index (χ2v) is 6.20. The number of carbonyl (C=O) groups excluding carboxylic acids is 1. The van der Waals surface area contributed by atoms with E-state index < -0.39 is 36.4 Å². The Kier molecular flexibility index (Phi) is 3.61. The van der Waals surface area contributed by atoms with Crippen molar-refractivity contribution in [3.05, 3.63) is 34.9 Å². The van der Waals surface area contributed by atoms with Crippen LogP contribution in [0, 0.1) is 5.41 Å². The molecule has 0 radical (unpaired) electrons. The smallest absolute Gasteiger partial charge is 0.406 e. The van der Waals surface area contributed by atoms with E-state index in [2.05, 4.69) is 0 Å². The molecule has 1 aliphatic heterocycles. The average molecular weight is 327 g/mol. The molecule has 7 heteroatoms. The number of hydrogen-bond donors (Lipinski definition) is 1. The van der Waals surface area contributed by atoms with Gasteiger partial charge in [0.05, 0.1) is 0 Å². The van der Waals surface area contributed by atoms with Crippen LogP contribution < -0.4 is 0 Å². The van der Waals surface area contributed by atoms with Crippen molar-refractivity contribution in [2.24, 2.45) is 5.41 Å². The number of rotatable bonds is 2. The molecule has 0 saturated carbocycles. The van der Waals surface area contributed by atoms with Gasteiger partial charge < -0.3 is 10.0 Å². The number of halogens is 3. The van der Waals surface area contributed by atoms with Crippen LogP contribution in [-0.4, -0.2) is 41.1 Å². The summed E-state index contributed by atoms with van der Waals surface area (Å²) in [7, 11) is 0. The number of carboxylic acid groups (broad SMARTS) is 1. The summed E-state index contributed by atoms with van der Waals surface area (Å²) in [6.45, 7) is -1.04. The Balaban J connectivity index is 1.83. The maximum atomic E-state index is 13.2. The number of nitrogens with zero attached hydrogens (tertiary/aromatic N) is 1. The molecule has 3 rings (SSSR count). The predicted molar refractivity (Wildman–Crippen MR) is 75.1 cm³/mol. The molecule has 0 aromatic heterocycles. The molecule has 2 aliphatic rings. The Hall–Kier alpha value is -2.05. The summed E-state index contributed by atoms with van der Waals surface area (Å²) in [5.41, 5.74) is -0.318. The van der Waals surface area contributed by atoms with Crippen molar-refractivity contribution in [2.45, 2.75) is 31.9 Å². The first kappa shape index (κ1) is 15.8. The van der Waals surface area contributed by atoms with Gasteiger partial charge >= 0.3 is 12.1 Å². The number of amides is 1. The third-order valence-corrected chi connectivity index (χ3v) is 4.85. The van der Waals surface area contributed by atoms with Gasteiger partial charge in [-0.15, -0.1) is 0 Å². The minimum absolute atomic E-state index is 0.207. The largest absolute Gasteiger partial charge is 0.481 e. The van der Waals surface area contributed by atoms with Crippen LogP contribution in [-0.2, 0) is 17.6 Å². The molecule has 1 aromatic rings. The highest BCUT2D eigenvalue weighted by atomic mass is 19.4. The quantitative estimate of drug-likeness (QED) is 0.908. The fraction of sp³-hybridized carbons (Fsp3) is 0.500. The molecule has 1 aliphatic carbocycles. The first-order valence-corrected chi connectivity index (χ1v) is 7.46. The van der Waals surface area contributed by atoms with Gasteiger partial charge in [-0.1, -0.05) is 6.07 Å². The molecular formula is C16H16F3NO3. The highest BCUT2D eigenvalue weighted by Crippen LogP contribution is 2.46. The Morgan fingerprint density at radius 1 is 1.17 bits per heavy atom. The molecule has 1 N–H and O–H groups in total. The zero-order valence-corrected chi connectivity index (χ0v) is 12.3. The first-order valence-electron chi connectivity index (χ1n) is 7.46. The lowest BCUT2D eigenvalue weighted by Crippen LogP contribution is -2.47. The zero-order chi connectivity index (χ0) is 16.8. The summed E-state index contributed by atoms with van der Waals surface area (Å²) in [4.78, 5) is 24.6. The Bertz CT molecular complexity index is 671. The van der Waals surface area contributed by atoms with E-state index in [1.807, 2.05) is 6.07 Å². The molecule has 23 heavy (non-hydrogen) atoms. The third kappa shape index (κ3) is 2.48. The lowest BCUT2D eigenvalue weighted by Gasteiger charge is -2.27. The number of fused-ring (bicyclic) bond motifs is 1. The molecule has 4 nitrogen and oxygen atoms in total. The fourth-order valence-electron chi connectivity index (χ4n) is 3.40. The molecule has 124 valence electrons. The molecule has 1 heterocycles. The molecule has 1 fully saturated rings. The van der Waals surface area contributed by atoms with E-state index in [9.17, 15) is 22.8 Å². The van der Waals surface area contributed by atoms with Crippen LogP contribution >= 0.6 is 0 Å². The van der Waals surface area contributed by atoms with Gasteiger partial charge in [0.2, 0.25) is 0 Å². The summed E-state index contributed by atoms with van der Waals surface area (Å²) in [6, 6.07) is 5.17. The molecule has 0 spiro atoms. The van der Waals surface area contributed by atoms with Gasteiger partial charge in [-0.3, -0.25) is 9.59 Å². The minimum atomic E-state index is -4.88. The number of benzene rings is 1. The molecule has 1 aromatic carbocycles. The van der Waals surface area contributed by atoms with Crippen LogP contribution in [0.1, 0.15) is 34.3 Å². The Labute approximate surface area is 130 Å². The topological polar surface area (TPSA) is 57.6 Å². The molecule has 1 atom stereocenters. The second-order valence-electron chi connectivity index (χ2n) is 6.20. The number of likely N-dealkylation sites (tertiary alicyclic amines) is 1. The van der Waals surface area contributed by atoms with E-state index in [0.717, 1.165) is 35.3 Å². The molecule has 1 unspecified atom stereocenters. The summed E-state index contributed by atoms with van der Waals surface area (Å²) in [6.07, 6.45) is -2.68. The summed E-state index contributed by atoms with van der Waals surface area (Å²) in [5.74, 6) is -2.46. The number of aliphatic carboxylic acids is 1. The van der Waals surface area contributed by atoms with Gasteiger partial charge in [0, 0.05) is 18.7 Å². The third-order valence-electron chi connectivity index (χ3n) is 4.85. The maximum absolute atomic E-state index is 13.2. The van der Waals surface area contributed by atoms with Crippen LogP contribution in [0.15, 0.2) is 18.2 Å². The van der Waals surface area contributed by atoms with Gasteiger partial charge in [0.15, 0.2) is 5.41 Å². The van der Waals surface area contributed by atoms with E-state index in [1.165, 1.54) is 0 Å². The minimum Gasteiger partial charge on any atom is -0.481 e. The van der Waals surface area contributed by atoms with Crippen molar-refractivity contribution < 1.29 is 27.9 Å². The van der Waals surface area contributed by atoms with E-state index >= 15 is 0 Å². The molecule has 1 saturated heterocycles. The standard InChI is InChI=1S/C16H16F3NO3/c17-16(18,19)15(14(22)23)6-7-20(9-15)13(21)12-5-4-10-2-1-3-11(10)8-12/h4-5,8H,1-3,6-7,9H2,(H,22,23). The van der Waals surface area contributed by atoms with Crippen LogP contribution in [0.4, 0.5) is 13.2 Å². The molecule has 1 amide bonds. The molecule has 0 bridgehead atoms. The first-order chi connectivity index (χ1) is 10.7. The van der Waals surface area contributed by atoms with Gasteiger partial charge in [0.25, 0.3) is 5.91 Å². The lowest BCUT2D eigenvalue weighted by atomic mass is 9.86. The molecular weight excluding hydrogens is 311 g/mol. The highest BCUT2D eigenvalue weighted by molar-refractivity contribution is 5.95. The lowest BCUT2D eigenvalue weighted by molar-refractivity contribution is -0.227. The average Bonchev–Trinajstić information content (AvgIpc) is 3.12. The van der Waals surface area contributed by atoms with Gasteiger partial charge in [-0.05, 0) is 48.9 Å². The number of hydrogen-bond acceptors (Lipinski definition) is 2. The summed E-state index contributed by atoms with van der Waals surface area (Å²) < 4.78 is 39.5. The van der Waals surface area contributed by atoms with Crippen molar-refractivity contribution in [3.8, 4) is 0 Å². The number of alkyl halides is 3. The second kappa shape index (κ2) is 5.25. The van der Waals surface area contributed by atoms with Crippen molar-refractivity contribution in [1.82, 2.24) is 4.90 Å². The van der Waals surface area contributed by atoms with Crippen molar-refractivity contribution in [3.63, 3.8) is 0 Å². The normalized spacial score (nSPS) is 23.9. The van der Waals surface area contributed by atoms with E-state index in [4.69, 9.17) is 5.11 Å². The van der Waals surface area contributed by atoms with Gasteiger partial charge in [-0.2, -0.15) is 13.2 Å².